The number of methoxy groups -OCH3 is 1. The van der Waals surface area contributed by atoms with E-state index in [4.69, 9.17) is 4.74 Å². The van der Waals surface area contributed by atoms with Crippen molar-refractivity contribution in [3.05, 3.63) is 50.8 Å². The Morgan fingerprint density at radius 3 is 1.87 bits per heavy atom. The van der Waals surface area contributed by atoms with Crippen molar-refractivity contribution in [1.82, 2.24) is 4.90 Å². The topological polar surface area (TPSA) is 46.6 Å². The highest BCUT2D eigenvalue weighted by molar-refractivity contribution is 9.10. The Labute approximate surface area is 187 Å². The molecule has 0 fully saturated rings. The number of carbonyl (C=O) groups excluding carboxylic acids is 2. The highest BCUT2D eigenvalue weighted by Gasteiger charge is 2.48. The summed E-state index contributed by atoms with van der Waals surface area (Å²) in [6.45, 7) is 8.62. The molecule has 3 aliphatic rings. The Kier molecular flexibility index (Phi) is 5.04. The van der Waals surface area contributed by atoms with Crippen LogP contribution < -0.4 is 4.74 Å². The van der Waals surface area contributed by atoms with Gasteiger partial charge in [-0.15, -0.1) is 0 Å². The van der Waals surface area contributed by atoms with Crippen molar-refractivity contribution in [1.29, 1.82) is 0 Å². The van der Waals surface area contributed by atoms with E-state index >= 15 is 0 Å². The third kappa shape index (κ3) is 3.45. The maximum Gasteiger partial charge on any atom is 0.162 e. The lowest BCUT2D eigenvalue weighted by molar-refractivity contribution is -0.119. The van der Waals surface area contributed by atoms with Gasteiger partial charge >= 0.3 is 0 Å². The number of benzene rings is 1. The second-order valence-corrected chi connectivity index (χ2v) is 11.3. The molecule has 0 N–H and O–H groups in total. The highest BCUT2D eigenvalue weighted by atomic mass is 79.9. The van der Waals surface area contributed by atoms with Crippen molar-refractivity contribution >= 4 is 27.5 Å². The second kappa shape index (κ2) is 7.08. The fourth-order valence-electron chi connectivity index (χ4n) is 5.36. The van der Waals surface area contributed by atoms with Gasteiger partial charge in [0.2, 0.25) is 0 Å². The van der Waals surface area contributed by atoms with Crippen molar-refractivity contribution in [2.75, 3.05) is 14.2 Å². The van der Waals surface area contributed by atoms with E-state index in [2.05, 4.69) is 48.5 Å². The molecule has 2 aliphatic carbocycles. The molecule has 5 heteroatoms. The first-order valence-corrected chi connectivity index (χ1v) is 11.3. The minimum Gasteiger partial charge on any atom is -0.496 e. The SMILES string of the molecule is COc1ccc(C2C3=C(CC(C)(C)CC3=O)N(C)C3=C2C(=O)CC(C)(C)C3)cc1Br. The lowest BCUT2D eigenvalue weighted by atomic mass is 9.64. The number of hydrogen-bond donors (Lipinski definition) is 0. The number of ketones is 2. The van der Waals surface area contributed by atoms with Crippen molar-refractivity contribution in [2.24, 2.45) is 10.8 Å². The predicted octanol–water partition coefficient (Wildman–Crippen LogP) is 5.77. The summed E-state index contributed by atoms with van der Waals surface area (Å²) in [7, 11) is 3.67. The van der Waals surface area contributed by atoms with Gasteiger partial charge in [0, 0.05) is 48.3 Å². The molecule has 1 heterocycles. The van der Waals surface area contributed by atoms with Gasteiger partial charge in [-0.2, -0.15) is 0 Å². The van der Waals surface area contributed by atoms with Gasteiger partial charge in [-0.05, 0) is 57.3 Å². The molecular weight excluding hydrogens is 442 g/mol. The van der Waals surface area contributed by atoms with Gasteiger partial charge in [-0.3, -0.25) is 9.59 Å². The van der Waals surface area contributed by atoms with Crippen LogP contribution in [0.2, 0.25) is 0 Å². The van der Waals surface area contributed by atoms with Crippen LogP contribution in [0.4, 0.5) is 0 Å². The number of hydrogen-bond acceptors (Lipinski definition) is 4. The highest BCUT2D eigenvalue weighted by Crippen LogP contribution is 2.54. The molecule has 0 spiro atoms. The molecule has 4 nitrogen and oxygen atoms in total. The van der Waals surface area contributed by atoms with Crippen molar-refractivity contribution in [3.63, 3.8) is 0 Å². The number of ether oxygens (including phenoxy) is 1. The molecule has 1 aromatic carbocycles. The van der Waals surface area contributed by atoms with Crippen LogP contribution in [0.15, 0.2) is 45.2 Å². The summed E-state index contributed by atoms with van der Waals surface area (Å²) in [5.41, 5.74) is 4.58. The lowest BCUT2D eigenvalue weighted by Gasteiger charge is -2.47. The maximum absolute atomic E-state index is 13.4. The van der Waals surface area contributed by atoms with Gasteiger partial charge in [0.15, 0.2) is 11.6 Å². The smallest absolute Gasteiger partial charge is 0.162 e. The Balaban J connectivity index is 1.96. The minimum atomic E-state index is -0.305. The van der Waals surface area contributed by atoms with E-state index in [0.29, 0.717) is 12.8 Å². The predicted molar refractivity (Wildman–Crippen MR) is 121 cm³/mol. The Morgan fingerprint density at radius 2 is 1.43 bits per heavy atom. The van der Waals surface area contributed by atoms with Crippen LogP contribution in [0.3, 0.4) is 0 Å². The van der Waals surface area contributed by atoms with E-state index in [1.165, 1.54) is 0 Å². The summed E-state index contributed by atoms with van der Waals surface area (Å²) in [5, 5.41) is 0. The number of nitrogens with zero attached hydrogens (tertiary/aromatic N) is 1. The molecule has 0 aromatic heterocycles. The second-order valence-electron chi connectivity index (χ2n) is 10.5. The van der Waals surface area contributed by atoms with Gasteiger partial charge in [-0.25, -0.2) is 0 Å². The molecule has 1 aliphatic heterocycles. The zero-order valence-corrected chi connectivity index (χ0v) is 20.3. The van der Waals surface area contributed by atoms with Crippen LogP contribution in [0.5, 0.6) is 5.75 Å². The van der Waals surface area contributed by atoms with E-state index < -0.39 is 0 Å². The van der Waals surface area contributed by atoms with Crippen LogP contribution >= 0.6 is 15.9 Å². The largest absolute Gasteiger partial charge is 0.496 e. The fraction of sp³-hybridized carbons (Fsp3) is 0.520. The molecule has 160 valence electrons. The summed E-state index contributed by atoms with van der Waals surface area (Å²) < 4.78 is 6.23. The molecule has 0 saturated heterocycles. The molecule has 0 unspecified atom stereocenters. The van der Waals surface area contributed by atoms with E-state index in [1.807, 2.05) is 25.2 Å². The summed E-state index contributed by atoms with van der Waals surface area (Å²) in [6.07, 6.45) is 2.69. The van der Waals surface area contributed by atoms with E-state index in [9.17, 15) is 9.59 Å². The third-order valence-electron chi connectivity index (χ3n) is 6.69. The Hall–Kier alpha value is -1.88. The molecule has 1 aromatic rings. The first-order valence-electron chi connectivity index (χ1n) is 10.5. The molecule has 30 heavy (non-hydrogen) atoms. The third-order valence-corrected chi connectivity index (χ3v) is 7.31. The average molecular weight is 472 g/mol. The monoisotopic (exact) mass is 471 g/mol. The van der Waals surface area contributed by atoms with Crippen LogP contribution in [-0.4, -0.2) is 30.6 Å². The normalized spacial score (nSPS) is 23.5. The fourth-order valence-corrected chi connectivity index (χ4v) is 5.92. The Bertz CT molecular complexity index is 961. The number of carbonyl (C=O) groups is 2. The van der Waals surface area contributed by atoms with E-state index in [0.717, 1.165) is 51.2 Å². The van der Waals surface area contributed by atoms with Crippen molar-refractivity contribution < 1.29 is 14.3 Å². The summed E-state index contributed by atoms with van der Waals surface area (Å²) in [4.78, 5) is 29.0. The van der Waals surface area contributed by atoms with Crippen LogP contribution in [0.25, 0.3) is 0 Å². The standard InChI is InChI=1S/C25H30BrNO3/c1-24(2)10-16-22(18(28)12-24)21(14-7-8-20(30-6)15(26)9-14)23-17(27(16)5)11-25(3,4)13-19(23)29/h7-9,21H,10-13H2,1-6H3. The number of Topliss-reactive ketones (excluding diaryl/α,β-unsaturated/α-hetero) is 2. The van der Waals surface area contributed by atoms with Gasteiger partial charge in [0.1, 0.15) is 5.75 Å². The molecule has 4 rings (SSSR count). The molecule has 0 bridgehead atoms. The number of halogens is 1. The number of allylic oxidation sites excluding steroid dienone is 4. The zero-order valence-electron chi connectivity index (χ0n) is 18.7. The maximum atomic E-state index is 13.4. The van der Waals surface area contributed by atoms with Crippen LogP contribution in [-0.2, 0) is 9.59 Å². The van der Waals surface area contributed by atoms with Gasteiger partial charge in [-0.1, -0.05) is 33.8 Å². The van der Waals surface area contributed by atoms with Crippen LogP contribution in [0, 0.1) is 10.8 Å². The van der Waals surface area contributed by atoms with Gasteiger partial charge < -0.3 is 9.64 Å². The van der Waals surface area contributed by atoms with Crippen molar-refractivity contribution in [2.45, 2.75) is 59.3 Å². The van der Waals surface area contributed by atoms with Gasteiger partial charge in [0.25, 0.3) is 0 Å². The molecule has 0 saturated carbocycles. The zero-order chi connectivity index (χ0) is 22.0. The van der Waals surface area contributed by atoms with Gasteiger partial charge in [0.05, 0.1) is 11.6 Å². The first-order chi connectivity index (χ1) is 13.9. The molecule has 0 radical (unpaired) electrons. The minimum absolute atomic E-state index is 0.0819. The molecular formula is C25H30BrNO3. The first kappa shape index (κ1) is 21.4. The molecule has 0 amide bonds. The van der Waals surface area contributed by atoms with E-state index in [1.54, 1.807) is 7.11 Å². The summed E-state index contributed by atoms with van der Waals surface area (Å²) in [6, 6.07) is 5.91. The Morgan fingerprint density at radius 1 is 0.933 bits per heavy atom. The molecule has 0 atom stereocenters. The lowest BCUT2D eigenvalue weighted by Crippen LogP contribution is -2.43. The van der Waals surface area contributed by atoms with E-state index in [-0.39, 0.29) is 28.3 Å². The summed E-state index contributed by atoms with van der Waals surface area (Å²) >= 11 is 3.59. The summed E-state index contributed by atoms with van der Waals surface area (Å²) in [5.74, 6) is 0.756. The van der Waals surface area contributed by atoms with Crippen molar-refractivity contribution in [3.8, 4) is 5.75 Å². The quantitative estimate of drug-likeness (QED) is 0.548. The number of rotatable bonds is 2. The van der Waals surface area contributed by atoms with Crippen LogP contribution in [0.1, 0.15) is 64.9 Å². The average Bonchev–Trinajstić information content (AvgIpc) is 2.61.